The zero-order valence-electron chi connectivity index (χ0n) is 17.3. The van der Waals surface area contributed by atoms with Crippen molar-refractivity contribution in [3.8, 4) is 5.75 Å². The van der Waals surface area contributed by atoms with Gasteiger partial charge in [-0.3, -0.25) is 9.79 Å². The van der Waals surface area contributed by atoms with E-state index in [2.05, 4.69) is 20.9 Å². The van der Waals surface area contributed by atoms with E-state index in [1.807, 2.05) is 48.5 Å². The van der Waals surface area contributed by atoms with Crippen LogP contribution < -0.4 is 20.7 Å². The normalized spacial score (nSPS) is 11.1. The van der Waals surface area contributed by atoms with Gasteiger partial charge in [0.05, 0.1) is 6.61 Å². The van der Waals surface area contributed by atoms with Gasteiger partial charge in [-0.15, -0.1) is 0 Å². The molecule has 2 aromatic carbocycles. The van der Waals surface area contributed by atoms with Crippen molar-refractivity contribution in [2.24, 2.45) is 4.99 Å². The van der Waals surface area contributed by atoms with Crippen LogP contribution in [0.15, 0.2) is 53.5 Å². The van der Waals surface area contributed by atoms with Gasteiger partial charge >= 0.3 is 0 Å². The second-order valence-corrected chi connectivity index (χ2v) is 6.47. The molecular formula is C22H30N4O3. The number of hydrogen-bond acceptors (Lipinski definition) is 4. The fourth-order valence-electron chi connectivity index (χ4n) is 2.66. The topological polar surface area (TPSA) is 84.0 Å². The number of carbonyl (C=O) groups is 1. The largest absolute Gasteiger partial charge is 0.493 e. The summed E-state index contributed by atoms with van der Waals surface area (Å²) >= 11 is 0. The average Bonchev–Trinajstić information content (AvgIpc) is 2.71. The molecule has 0 aliphatic heterocycles. The summed E-state index contributed by atoms with van der Waals surface area (Å²) in [6.45, 7) is 3.53. The summed E-state index contributed by atoms with van der Waals surface area (Å²) in [5.41, 5.74) is 2.88. The number of rotatable bonds is 10. The molecule has 0 heterocycles. The quantitative estimate of drug-likeness (QED) is 0.325. The Kier molecular flexibility index (Phi) is 9.51. The van der Waals surface area contributed by atoms with E-state index >= 15 is 0 Å². The Morgan fingerprint density at radius 1 is 1.03 bits per heavy atom. The van der Waals surface area contributed by atoms with E-state index in [0.29, 0.717) is 19.2 Å². The molecule has 0 saturated heterocycles. The Morgan fingerprint density at radius 3 is 2.52 bits per heavy atom. The van der Waals surface area contributed by atoms with Crippen LogP contribution >= 0.6 is 0 Å². The fourth-order valence-corrected chi connectivity index (χ4v) is 2.66. The van der Waals surface area contributed by atoms with Crippen LogP contribution in [0, 0.1) is 0 Å². The Balaban J connectivity index is 1.79. The molecule has 0 spiro atoms. The second kappa shape index (κ2) is 12.4. The summed E-state index contributed by atoms with van der Waals surface area (Å²) < 4.78 is 10.8. The molecule has 0 aliphatic carbocycles. The van der Waals surface area contributed by atoms with Crippen molar-refractivity contribution in [3.05, 3.63) is 54.1 Å². The van der Waals surface area contributed by atoms with Crippen molar-refractivity contribution in [1.82, 2.24) is 5.32 Å². The van der Waals surface area contributed by atoms with Crippen LogP contribution in [0.2, 0.25) is 0 Å². The molecular weight excluding hydrogens is 368 g/mol. The van der Waals surface area contributed by atoms with Crippen LogP contribution in [0.3, 0.4) is 0 Å². The third-order valence-corrected chi connectivity index (χ3v) is 4.06. The maximum atomic E-state index is 11.1. The van der Waals surface area contributed by atoms with E-state index in [0.717, 1.165) is 36.5 Å². The number of nitrogens with one attached hydrogen (secondary N) is 3. The number of ether oxygens (including phenoxy) is 2. The van der Waals surface area contributed by atoms with E-state index in [9.17, 15) is 4.79 Å². The molecule has 0 fully saturated rings. The van der Waals surface area contributed by atoms with E-state index < -0.39 is 0 Å². The van der Waals surface area contributed by atoms with Gasteiger partial charge in [0, 0.05) is 58.1 Å². The van der Waals surface area contributed by atoms with Gasteiger partial charge in [-0.1, -0.05) is 18.2 Å². The van der Waals surface area contributed by atoms with Crippen molar-refractivity contribution >= 4 is 23.2 Å². The first kappa shape index (κ1) is 22.2. The van der Waals surface area contributed by atoms with Gasteiger partial charge in [0.25, 0.3) is 0 Å². The summed E-state index contributed by atoms with van der Waals surface area (Å²) in [5.74, 6) is 1.43. The van der Waals surface area contributed by atoms with Gasteiger partial charge in [-0.2, -0.15) is 0 Å². The van der Waals surface area contributed by atoms with Gasteiger partial charge in [-0.05, 0) is 36.2 Å². The minimum atomic E-state index is -0.0706. The summed E-state index contributed by atoms with van der Waals surface area (Å²) in [6, 6.07) is 15.6. The third-order valence-electron chi connectivity index (χ3n) is 4.06. The van der Waals surface area contributed by atoms with Crippen LogP contribution in [0.4, 0.5) is 11.4 Å². The Morgan fingerprint density at radius 2 is 1.83 bits per heavy atom. The first-order valence-electron chi connectivity index (χ1n) is 9.66. The molecule has 2 aromatic rings. The maximum Gasteiger partial charge on any atom is 0.221 e. The van der Waals surface area contributed by atoms with Gasteiger partial charge in [0.1, 0.15) is 5.75 Å². The highest BCUT2D eigenvalue weighted by atomic mass is 16.5. The molecule has 0 unspecified atom stereocenters. The van der Waals surface area contributed by atoms with Crippen LogP contribution in [-0.2, 0) is 16.0 Å². The van der Waals surface area contributed by atoms with E-state index in [-0.39, 0.29) is 5.91 Å². The highest BCUT2D eigenvalue weighted by molar-refractivity contribution is 5.93. The zero-order chi connectivity index (χ0) is 20.9. The monoisotopic (exact) mass is 398 g/mol. The van der Waals surface area contributed by atoms with E-state index in [1.165, 1.54) is 12.5 Å². The molecule has 3 N–H and O–H groups in total. The number of methoxy groups -OCH3 is 1. The van der Waals surface area contributed by atoms with Crippen LogP contribution in [0.5, 0.6) is 5.75 Å². The molecule has 0 aliphatic rings. The molecule has 0 bridgehead atoms. The van der Waals surface area contributed by atoms with Crippen molar-refractivity contribution in [3.63, 3.8) is 0 Å². The fraction of sp³-hybridized carbons (Fsp3) is 0.364. The minimum absolute atomic E-state index is 0.0706. The molecule has 0 radical (unpaired) electrons. The summed E-state index contributed by atoms with van der Waals surface area (Å²) in [6.07, 6.45) is 1.69. The molecule has 2 rings (SSSR count). The lowest BCUT2D eigenvalue weighted by Gasteiger charge is -2.13. The number of carbonyl (C=O) groups excluding carboxylic acids is 1. The lowest BCUT2D eigenvalue weighted by molar-refractivity contribution is -0.114. The predicted octanol–water partition coefficient (Wildman–Crippen LogP) is 3.29. The first-order chi connectivity index (χ1) is 14.1. The Hall–Kier alpha value is -3.06. The predicted molar refractivity (Wildman–Crippen MR) is 118 cm³/mol. The highest BCUT2D eigenvalue weighted by Gasteiger charge is 2.02. The lowest BCUT2D eigenvalue weighted by Crippen LogP contribution is -2.32. The molecule has 29 heavy (non-hydrogen) atoms. The molecule has 0 aromatic heterocycles. The molecule has 7 nitrogen and oxygen atoms in total. The number of amides is 1. The van der Waals surface area contributed by atoms with Crippen molar-refractivity contribution in [1.29, 1.82) is 0 Å². The third kappa shape index (κ3) is 8.66. The lowest BCUT2D eigenvalue weighted by atomic mass is 10.1. The SMILES string of the molecule is CN=C(NCCc1ccc(NC(C)=O)cc1)Nc1cccc(OCCCOC)c1. The van der Waals surface area contributed by atoms with E-state index in [1.54, 1.807) is 14.2 Å². The van der Waals surface area contributed by atoms with Crippen molar-refractivity contribution in [2.75, 3.05) is 44.5 Å². The molecule has 7 heteroatoms. The standard InChI is InChI=1S/C22H30N4O3/c1-17(27)25-19-10-8-18(9-11-19)12-13-24-22(23-2)26-20-6-4-7-21(16-20)29-15-5-14-28-3/h4,6-11,16H,5,12-15H2,1-3H3,(H,25,27)(H2,23,24,26). The Labute approximate surface area is 172 Å². The number of anilines is 2. The number of nitrogens with zero attached hydrogens (tertiary/aromatic N) is 1. The summed E-state index contributed by atoms with van der Waals surface area (Å²) in [7, 11) is 3.42. The van der Waals surface area contributed by atoms with Gasteiger partial charge < -0.3 is 25.4 Å². The van der Waals surface area contributed by atoms with Gasteiger partial charge in [-0.25, -0.2) is 0 Å². The average molecular weight is 399 g/mol. The number of aliphatic imine (C=N–C) groups is 1. The number of hydrogen-bond donors (Lipinski definition) is 3. The summed E-state index contributed by atoms with van der Waals surface area (Å²) in [4.78, 5) is 15.3. The smallest absolute Gasteiger partial charge is 0.221 e. The zero-order valence-corrected chi connectivity index (χ0v) is 17.3. The van der Waals surface area contributed by atoms with Crippen molar-refractivity contribution < 1.29 is 14.3 Å². The van der Waals surface area contributed by atoms with Gasteiger partial charge in [0.15, 0.2) is 5.96 Å². The Bertz CT molecular complexity index is 791. The molecule has 156 valence electrons. The van der Waals surface area contributed by atoms with E-state index in [4.69, 9.17) is 9.47 Å². The molecule has 0 atom stereocenters. The first-order valence-corrected chi connectivity index (χ1v) is 9.66. The van der Waals surface area contributed by atoms with Crippen molar-refractivity contribution in [2.45, 2.75) is 19.8 Å². The summed E-state index contributed by atoms with van der Waals surface area (Å²) in [5, 5.41) is 9.34. The number of benzene rings is 2. The second-order valence-electron chi connectivity index (χ2n) is 6.47. The minimum Gasteiger partial charge on any atom is -0.493 e. The van der Waals surface area contributed by atoms with Crippen LogP contribution in [-0.4, -0.2) is 45.8 Å². The van der Waals surface area contributed by atoms with Crippen LogP contribution in [0.25, 0.3) is 0 Å². The highest BCUT2D eigenvalue weighted by Crippen LogP contribution is 2.17. The van der Waals surface area contributed by atoms with Crippen LogP contribution in [0.1, 0.15) is 18.9 Å². The van der Waals surface area contributed by atoms with Gasteiger partial charge in [0.2, 0.25) is 5.91 Å². The molecule has 1 amide bonds. The molecule has 0 saturated carbocycles. The number of guanidine groups is 1. The maximum absolute atomic E-state index is 11.1.